The van der Waals surface area contributed by atoms with E-state index in [0.717, 1.165) is 16.5 Å². The van der Waals surface area contributed by atoms with Gasteiger partial charge >= 0.3 is 5.97 Å². The van der Waals surface area contributed by atoms with Gasteiger partial charge in [-0.25, -0.2) is 4.98 Å². The predicted octanol–water partition coefficient (Wildman–Crippen LogP) is 2.87. The summed E-state index contributed by atoms with van der Waals surface area (Å²) in [7, 11) is 0. The van der Waals surface area contributed by atoms with Crippen molar-refractivity contribution in [3.05, 3.63) is 34.3 Å². The Hall–Kier alpha value is -2.94. The number of nitrogens with zero attached hydrogens (tertiary/aromatic N) is 2. The lowest BCUT2D eigenvalue weighted by molar-refractivity contribution is -0.149. The standard InChI is InChI=1S/C23H23N3O5S/c1-23(2)10-15-19(20(28)25-23)32-22(24-15)26-5-6-30-17-4-3-11(7-16(17)26)18(27)13-8-12-9-14(13)21(29)31-12/h3-4,7,12-14H,5-6,8-10H2,1-2H3,(H,25,28)/t12-,13?,14-/m1/s1. The number of thiazole rings is 1. The molecule has 2 aromatic rings. The molecule has 9 heteroatoms. The van der Waals surface area contributed by atoms with E-state index >= 15 is 0 Å². The average Bonchev–Trinajstić information content (AvgIpc) is 3.45. The zero-order valence-corrected chi connectivity index (χ0v) is 18.7. The number of anilines is 2. The van der Waals surface area contributed by atoms with Gasteiger partial charge in [-0.3, -0.25) is 14.4 Å². The van der Waals surface area contributed by atoms with Gasteiger partial charge in [-0.2, -0.15) is 0 Å². The van der Waals surface area contributed by atoms with E-state index in [1.54, 1.807) is 6.07 Å². The van der Waals surface area contributed by atoms with E-state index in [2.05, 4.69) is 5.32 Å². The van der Waals surface area contributed by atoms with Crippen LogP contribution in [0.4, 0.5) is 10.8 Å². The largest absolute Gasteiger partial charge is 0.490 e. The number of hydrogen-bond donors (Lipinski definition) is 1. The first kappa shape index (κ1) is 19.7. The third kappa shape index (κ3) is 3.02. The minimum Gasteiger partial charge on any atom is -0.490 e. The Morgan fingerprint density at radius 2 is 2.12 bits per heavy atom. The third-order valence-corrected chi connectivity index (χ3v) is 7.85. The van der Waals surface area contributed by atoms with Gasteiger partial charge in [-0.1, -0.05) is 11.3 Å². The van der Waals surface area contributed by atoms with Crippen molar-refractivity contribution in [1.82, 2.24) is 10.3 Å². The fourth-order valence-corrected chi connectivity index (χ4v) is 6.27. The topological polar surface area (TPSA) is 97.8 Å². The van der Waals surface area contributed by atoms with E-state index in [9.17, 15) is 14.4 Å². The van der Waals surface area contributed by atoms with Crippen LogP contribution in [0.25, 0.3) is 0 Å². The summed E-state index contributed by atoms with van der Waals surface area (Å²) < 4.78 is 11.1. The van der Waals surface area contributed by atoms with Crippen molar-refractivity contribution < 1.29 is 23.9 Å². The summed E-state index contributed by atoms with van der Waals surface area (Å²) >= 11 is 1.37. The second-order valence-electron chi connectivity index (χ2n) is 9.58. The van der Waals surface area contributed by atoms with Crippen LogP contribution in [0.3, 0.4) is 0 Å². The number of benzene rings is 1. The van der Waals surface area contributed by atoms with Crippen LogP contribution in [-0.2, 0) is 16.0 Å². The van der Waals surface area contributed by atoms with Gasteiger partial charge < -0.3 is 19.7 Å². The number of amides is 1. The zero-order valence-electron chi connectivity index (χ0n) is 17.8. The molecule has 1 aliphatic carbocycles. The van der Waals surface area contributed by atoms with Crippen molar-refractivity contribution in [3.8, 4) is 5.75 Å². The maximum absolute atomic E-state index is 13.3. The van der Waals surface area contributed by atoms with E-state index in [-0.39, 0.29) is 41.1 Å². The number of rotatable bonds is 3. The van der Waals surface area contributed by atoms with Crippen LogP contribution < -0.4 is 15.0 Å². The molecule has 3 atom stereocenters. The Kier molecular flexibility index (Phi) is 4.18. The zero-order chi connectivity index (χ0) is 22.2. The van der Waals surface area contributed by atoms with Crippen LogP contribution in [0, 0.1) is 11.8 Å². The molecule has 1 N–H and O–H groups in total. The predicted molar refractivity (Wildman–Crippen MR) is 117 cm³/mol. The van der Waals surface area contributed by atoms with Crippen molar-refractivity contribution in [2.75, 3.05) is 18.1 Å². The monoisotopic (exact) mass is 453 g/mol. The van der Waals surface area contributed by atoms with Crippen molar-refractivity contribution in [1.29, 1.82) is 0 Å². The van der Waals surface area contributed by atoms with E-state index in [0.29, 0.717) is 48.6 Å². The first-order valence-electron chi connectivity index (χ1n) is 10.9. The molecule has 2 fully saturated rings. The number of hydrogen-bond acceptors (Lipinski definition) is 8. The van der Waals surface area contributed by atoms with Gasteiger partial charge in [0.2, 0.25) is 0 Å². The average molecular weight is 454 g/mol. The third-order valence-electron chi connectivity index (χ3n) is 6.73. The quantitative estimate of drug-likeness (QED) is 0.564. The van der Waals surface area contributed by atoms with Crippen molar-refractivity contribution in [3.63, 3.8) is 0 Å². The molecule has 32 heavy (non-hydrogen) atoms. The van der Waals surface area contributed by atoms with Crippen LogP contribution in [0.5, 0.6) is 5.75 Å². The fourth-order valence-electron chi connectivity index (χ4n) is 5.25. The fraction of sp³-hybridized carbons (Fsp3) is 0.478. The molecule has 1 unspecified atom stereocenters. The van der Waals surface area contributed by atoms with Crippen LogP contribution in [-0.4, -0.2) is 47.4 Å². The summed E-state index contributed by atoms with van der Waals surface area (Å²) in [5, 5.41) is 3.75. The summed E-state index contributed by atoms with van der Waals surface area (Å²) in [5.74, 6) is -0.350. The Balaban J connectivity index is 1.34. The molecule has 1 aromatic carbocycles. The summed E-state index contributed by atoms with van der Waals surface area (Å²) in [6, 6.07) is 5.41. The lowest BCUT2D eigenvalue weighted by Crippen LogP contribution is -2.48. The summed E-state index contributed by atoms with van der Waals surface area (Å²) in [6.07, 6.45) is 1.77. The van der Waals surface area contributed by atoms with Crippen molar-refractivity contribution >= 4 is 39.8 Å². The highest BCUT2D eigenvalue weighted by Crippen LogP contribution is 2.45. The van der Waals surface area contributed by atoms with Crippen molar-refractivity contribution in [2.45, 2.75) is 44.8 Å². The molecule has 4 heterocycles. The normalized spacial score (nSPS) is 27.3. The maximum Gasteiger partial charge on any atom is 0.310 e. The molecular weight excluding hydrogens is 430 g/mol. The highest BCUT2D eigenvalue weighted by atomic mass is 32.1. The van der Waals surface area contributed by atoms with Gasteiger partial charge in [-0.05, 0) is 44.9 Å². The first-order chi connectivity index (χ1) is 15.3. The molecule has 1 saturated heterocycles. The molecule has 3 aliphatic heterocycles. The number of ether oxygens (including phenoxy) is 2. The summed E-state index contributed by atoms with van der Waals surface area (Å²) in [6.45, 7) is 5.03. The van der Waals surface area contributed by atoms with E-state index in [4.69, 9.17) is 14.5 Å². The lowest BCUT2D eigenvalue weighted by atomic mass is 9.87. The van der Waals surface area contributed by atoms with Crippen LogP contribution in [0.2, 0.25) is 0 Å². The number of carbonyl (C=O) groups excluding carboxylic acids is 3. The molecule has 8 nitrogen and oxygen atoms in total. The minimum atomic E-state index is -0.334. The SMILES string of the molecule is CC1(C)Cc2nc(N3CCOc4ccc(C(=O)C5C[C@@H]6C[C@H]5C(=O)O6)cc43)sc2C(=O)N1. The first-order valence-corrected chi connectivity index (χ1v) is 11.7. The number of aromatic nitrogens is 1. The summed E-state index contributed by atoms with van der Waals surface area (Å²) in [5.41, 5.74) is 1.79. The van der Waals surface area contributed by atoms with Crippen LogP contribution in [0.15, 0.2) is 18.2 Å². The molecule has 1 saturated carbocycles. The van der Waals surface area contributed by atoms with Gasteiger partial charge in [0.25, 0.3) is 5.91 Å². The molecule has 1 aromatic heterocycles. The molecule has 2 bridgehead atoms. The molecule has 166 valence electrons. The molecule has 0 spiro atoms. The molecule has 4 aliphatic rings. The Labute approximate surface area is 188 Å². The van der Waals surface area contributed by atoms with Gasteiger partial charge in [0, 0.05) is 23.4 Å². The minimum absolute atomic E-state index is 0.0259. The highest BCUT2D eigenvalue weighted by molar-refractivity contribution is 7.17. The summed E-state index contributed by atoms with van der Waals surface area (Å²) in [4.78, 5) is 45.2. The molecule has 6 rings (SSSR count). The van der Waals surface area contributed by atoms with Gasteiger partial charge in [0.15, 0.2) is 10.9 Å². The number of carbonyl (C=O) groups is 3. The smallest absolute Gasteiger partial charge is 0.310 e. The number of ketones is 1. The second-order valence-corrected chi connectivity index (χ2v) is 10.6. The maximum atomic E-state index is 13.3. The molecule has 1 amide bonds. The number of Topliss-reactive ketones (excluding diaryl/α,β-unsaturated/α-hetero) is 1. The van der Waals surface area contributed by atoms with Crippen LogP contribution in [0.1, 0.15) is 52.4 Å². The Morgan fingerprint density at radius 1 is 1.28 bits per heavy atom. The van der Waals surface area contributed by atoms with Gasteiger partial charge in [-0.15, -0.1) is 0 Å². The molecular formula is C23H23N3O5S. The van der Waals surface area contributed by atoms with E-state index in [1.165, 1.54) is 11.3 Å². The Morgan fingerprint density at radius 3 is 2.91 bits per heavy atom. The lowest BCUT2D eigenvalue weighted by Gasteiger charge is -2.30. The number of esters is 1. The van der Waals surface area contributed by atoms with Crippen LogP contribution >= 0.6 is 11.3 Å². The second kappa shape index (κ2) is 6.78. The highest BCUT2D eigenvalue weighted by Gasteiger charge is 2.50. The Bertz CT molecular complexity index is 1170. The number of nitrogens with one attached hydrogen (secondary N) is 1. The van der Waals surface area contributed by atoms with E-state index in [1.807, 2.05) is 30.9 Å². The molecule has 0 radical (unpaired) electrons. The van der Waals surface area contributed by atoms with E-state index < -0.39 is 0 Å². The van der Waals surface area contributed by atoms with Gasteiger partial charge in [0.05, 0.1) is 23.8 Å². The number of fused-ring (bicyclic) bond motifs is 4. The van der Waals surface area contributed by atoms with Gasteiger partial charge in [0.1, 0.15) is 23.3 Å². The van der Waals surface area contributed by atoms with Crippen molar-refractivity contribution in [2.24, 2.45) is 11.8 Å².